The van der Waals surface area contributed by atoms with E-state index in [2.05, 4.69) is 15.6 Å². The third-order valence-corrected chi connectivity index (χ3v) is 3.90. The average Bonchev–Trinajstić information content (AvgIpc) is 3.10. The molecule has 108 valence electrons. The molecule has 0 saturated carbocycles. The van der Waals surface area contributed by atoms with Gasteiger partial charge in [0.05, 0.1) is 29.2 Å². The van der Waals surface area contributed by atoms with Crippen molar-refractivity contribution in [1.82, 2.24) is 9.55 Å². The van der Waals surface area contributed by atoms with E-state index in [1.807, 2.05) is 43.3 Å². The normalized spacial score (nSPS) is 12.5. The summed E-state index contributed by atoms with van der Waals surface area (Å²) in [5.41, 5.74) is 3.51. The van der Waals surface area contributed by atoms with Gasteiger partial charge < -0.3 is 14.0 Å². The molecule has 0 aliphatic carbocycles. The molecule has 0 amide bonds. The van der Waals surface area contributed by atoms with Crippen LogP contribution in [0.3, 0.4) is 0 Å². The highest BCUT2D eigenvalue weighted by molar-refractivity contribution is 5.81. The molecule has 5 heteroatoms. The molecule has 0 fully saturated rings. The Morgan fingerprint density at radius 1 is 1.23 bits per heavy atom. The van der Waals surface area contributed by atoms with Crippen molar-refractivity contribution < 1.29 is 9.47 Å². The maximum absolute atomic E-state index is 9.25. The number of aromatic nitrogens is 2. The molecule has 0 saturated heterocycles. The second-order valence-electron chi connectivity index (χ2n) is 5.21. The zero-order valence-corrected chi connectivity index (χ0v) is 12.0. The molecule has 1 aliphatic heterocycles. The van der Waals surface area contributed by atoms with Crippen LogP contribution in [0.15, 0.2) is 36.4 Å². The van der Waals surface area contributed by atoms with Crippen molar-refractivity contribution in [2.24, 2.45) is 0 Å². The van der Waals surface area contributed by atoms with Crippen molar-refractivity contribution in [1.29, 1.82) is 5.26 Å². The molecule has 0 unspecified atom stereocenters. The van der Waals surface area contributed by atoms with Crippen LogP contribution in [0.4, 0.5) is 0 Å². The van der Waals surface area contributed by atoms with Crippen LogP contribution in [0.5, 0.6) is 11.5 Å². The molecule has 0 atom stereocenters. The van der Waals surface area contributed by atoms with E-state index in [0.717, 1.165) is 33.9 Å². The summed E-state index contributed by atoms with van der Waals surface area (Å²) in [4.78, 5) is 4.59. The van der Waals surface area contributed by atoms with E-state index in [9.17, 15) is 5.26 Å². The van der Waals surface area contributed by atoms with Gasteiger partial charge in [-0.05, 0) is 18.6 Å². The minimum Gasteiger partial charge on any atom is -0.454 e. The Hall–Kier alpha value is -3.00. The van der Waals surface area contributed by atoms with Crippen LogP contribution in [0.25, 0.3) is 11.0 Å². The molecule has 0 N–H and O–H groups in total. The number of aryl methyl sites for hydroxylation is 1. The molecular formula is C17H13N3O2. The predicted octanol–water partition coefficient (Wildman–Crippen LogP) is 2.99. The fraction of sp³-hybridized carbons (Fsp3) is 0.176. The Balaban J connectivity index is 1.85. The van der Waals surface area contributed by atoms with E-state index in [4.69, 9.17) is 9.47 Å². The molecule has 1 aliphatic rings. The molecule has 1 aromatic heterocycles. The summed E-state index contributed by atoms with van der Waals surface area (Å²) in [5.74, 6) is 2.36. The predicted molar refractivity (Wildman–Crippen MR) is 80.9 cm³/mol. The molecule has 0 radical (unpaired) electrons. The number of nitrogens with zero attached hydrogens (tertiary/aromatic N) is 3. The summed E-state index contributed by atoms with van der Waals surface area (Å²) in [5, 5.41) is 9.25. The van der Waals surface area contributed by atoms with Crippen LogP contribution in [-0.2, 0) is 6.54 Å². The fourth-order valence-electron chi connectivity index (χ4n) is 2.77. The topological polar surface area (TPSA) is 60.1 Å². The van der Waals surface area contributed by atoms with Crippen molar-refractivity contribution in [2.45, 2.75) is 13.5 Å². The van der Waals surface area contributed by atoms with Gasteiger partial charge in [-0.3, -0.25) is 0 Å². The maximum atomic E-state index is 9.25. The highest BCUT2D eigenvalue weighted by atomic mass is 16.7. The summed E-state index contributed by atoms with van der Waals surface area (Å²) in [6, 6.07) is 13.7. The lowest BCUT2D eigenvalue weighted by Gasteiger charge is -2.09. The van der Waals surface area contributed by atoms with Gasteiger partial charge in [0.2, 0.25) is 6.79 Å². The van der Waals surface area contributed by atoms with Gasteiger partial charge in [-0.25, -0.2) is 4.98 Å². The molecule has 4 rings (SSSR count). The van der Waals surface area contributed by atoms with Crippen molar-refractivity contribution >= 4 is 11.0 Å². The molecule has 3 aromatic rings. The second-order valence-corrected chi connectivity index (χ2v) is 5.21. The molecule has 0 spiro atoms. The largest absolute Gasteiger partial charge is 0.454 e. The first-order chi connectivity index (χ1) is 10.8. The molecule has 0 bridgehead atoms. The fourth-order valence-corrected chi connectivity index (χ4v) is 2.77. The van der Waals surface area contributed by atoms with Crippen molar-refractivity contribution in [3.8, 4) is 17.6 Å². The van der Waals surface area contributed by atoms with Gasteiger partial charge in [0.15, 0.2) is 11.5 Å². The van der Waals surface area contributed by atoms with E-state index in [1.54, 1.807) is 0 Å². The molecule has 22 heavy (non-hydrogen) atoms. The van der Waals surface area contributed by atoms with Crippen molar-refractivity contribution in [3.05, 3.63) is 53.3 Å². The number of fused-ring (bicyclic) bond motifs is 2. The number of rotatable bonds is 2. The summed E-state index contributed by atoms with van der Waals surface area (Å²) in [7, 11) is 0. The summed E-state index contributed by atoms with van der Waals surface area (Å²) in [6.07, 6.45) is 0. The molecule has 2 aromatic carbocycles. The van der Waals surface area contributed by atoms with Crippen LogP contribution in [0, 0.1) is 18.3 Å². The third-order valence-electron chi connectivity index (χ3n) is 3.90. The van der Waals surface area contributed by atoms with E-state index in [1.165, 1.54) is 0 Å². The summed E-state index contributed by atoms with van der Waals surface area (Å²) in [6.45, 7) is 2.81. The van der Waals surface area contributed by atoms with Gasteiger partial charge in [0, 0.05) is 12.1 Å². The lowest BCUT2D eigenvalue weighted by molar-refractivity contribution is 0.174. The van der Waals surface area contributed by atoms with Gasteiger partial charge in [0.25, 0.3) is 0 Å². The zero-order chi connectivity index (χ0) is 15.1. The van der Waals surface area contributed by atoms with Gasteiger partial charge >= 0.3 is 0 Å². The van der Waals surface area contributed by atoms with Crippen LogP contribution in [0.1, 0.15) is 17.0 Å². The lowest BCUT2D eigenvalue weighted by Crippen LogP contribution is -2.03. The quantitative estimate of drug-likeness (QED) is 0.728. The Bertz CT molecular complexity index is 922. The van der Waals surface area contributed by atoms with E-state index < -0.39 is 0 Å². The SMILES string of the molecule is Cc1nc2cc3c(cc2n1Cc1ccccc1C#N)OCO3. The average molecular weight is 291 g/mol. The molecule has 5 nitrogen and oxygen atoms in total. The van der Waals surface area contributed by atoms with Crippen molar-refractivity contribution in [2.75, 3.05) is 6.79 Å². The van der Waals surface area contributed by atoms with Gasteiger partial charge in [0.1, 0.15) is 5.82 Å². The number of nitriles is 1. The standard InChI is InChI=1S/C17H13N3O2/c1-11-19-14-6-16-17(22-10-21-16)7-15(14)20(11)9-13-5-3-2-4-12(13)8-18/h2-7H,9-10H2,1H3. The number of ether oxygens (including phenoxy) is 2. The van der Waals surface area contributed by atoms with Crippen LogP contribution in [-0.4, -0.2) is 16.3 Å². The summed E-state index contributed by atoms with van der Waals surface area (Å²) >= 11 is 0. The highest BCUT2D eigenvalue weighted by Gasteiger charge is 2.18. The minimum atomic E-state index is 0.248. The number of benzene rings is 2. The van der Waals surface area contributed by atoms with Crippen molar-refractivity contribution in [3.63, 3.8) is 0 Å². The van der Waals surface area contributed by atoms with E-state index in [0.29, 0.717) is 12.1 Å². The first-order valence-electron chi connectivity index (χ1n) is 7.01. The summed E-state index contributed by atoms with van der Waals surface area (Å²) < 4.78 is 12.9. The first kappa shape index (κ1) is 12.7. The van der Waals surface area contributed by atoms with Gasteiger partial charge in [-0.1, -0.05) is 18.2 Å². The molecular weight excluding hydrogens is 278 g/mol. The Kier molecular flexibility index (Phi) is 2.76. The third kappa shape index (κ3) is 1.89. The monoisotopic (exact) mass is 291 g/mol. The van der Waals surface area contributed by atoms with Crippen LogP contribution in [0.2, 0.25) is 0 Å². The van der Waals surface area contributed by atoms with E-state index >= 15 is 0 Å². The Labute approximate surface area is 127 Å². The van der Waals surface area contributed by atoms with Crippen LogP contribution < -0.4 is 9.47 Å². The lowest BCUT2D eigenvalue weighted by atomic mass is 10.1. The Morgan fingerprint density at radius 2 is 2.00 bits per heavy atom. The molecule has 2 heterocycles. The Morgan fingerprint density at radius 3 is 2.82 bits per heavy atom. The van der Waals surface area contributed by atoms with Gasteiger partial charge in [-0.15, -0.1) is 0 Å². The number of hydrogen-bond donors (Lipinski definition) is 0. The maximum Gasteiger partial charge on any atom is 0.231 e. The zero-order valence-electron chi connectivity index (χ0n) is 12.0. The first-order valence-corrected chi connectivity index (χ1v) is 7.01. The van der Waals surface area contributed by atoms with E-state index in [-0.39, 0.29) is 6.79 Å². The number of imidazole rings is 1. The minimum absolute atomic E-state index is 0.248. The van der Waals surface area contributed by atoms with Crippen LogP contribution >= 0.6 is 0 Å². The number of hydrogen-bond acceptors (Lipinski definition) is 4. The smallest absolute Gasteiger partial charge is 0.231 e. The second kappa shape index (κ2) is 4.78. The highest BCUT2D eigenvalue weighted by Crippen LogP contribution is 2.36. The van der Waals surface area contributed by atoms with Gasteiger partial charge in [-0.2, -0.15) is 5.26 Å².